The molecule has 1 aromatic rings. The van der Waals surface area contributed by atoms with Crippen LogP contribution < -0.4 is 11.1 Å². The molecular weight excluding hydrogens is 566 g/mol. The van der Waals surface area contributed by atoms with Crippen LogP contribution >= 0.6 is 0 Å². The number of carbonyl (C=O) groups excluding carboxylic acids is 4. The van der Waals surface area contributed by atoms with E-state index in [1.54, 1.807) is 18.2 Å². The number of nitrogens with two attached hydrogens (primary N) is 1. The summed E-state index contributed by atoms with van der Waals surface area (Å²) in [6.45, 7) is -2.97. The van der Waals surface area contributed by atoms with E-state index in [1.807, 2.05) is 5.32 Å². The zero-order chi connectivity index (χ0) is 30.2. The Kier molecular flexibility index (Phi) is 8.32. The zero-order valence-corrected chi connectivity index (χ0v) is 21.6. The van der Waals surface area contributed by atoms with Gasteiger partial charge in [-0.05, 0) is 36.0 Å². The maximum absolute atomic E-state index is 13.9. The number of hydrogen-bond donors (Lipinski definition) is 2. The van der Waals surface area contributed by atoms with Gasteiger partial charge in [-0.1, -0.05) is 24.6 Å². The Labute approximate surface area is 230 Å². The van der Waals surface area contributed by atoms with Gasteiger partial charge < -0.3 is 25.4 Å². The number of nitrogens with one attached hydrogen (secondary N) is 1. The molecule has 2 atom stereocenters. The third-order valence-corrected chi connectivity index (χ3v) is 7.74. The summed E-state index contributed by atoms with van der Waals surface area (Å²) in [7, 11) is 0. The maximum atomic E-state index is 13.9. The lowest BCUT2D eigenvalue weighted by Crippen LogP contribution is -2.54. The summed E-state index contributed by atoms with van der Waals surface area (Å²) in [4.78, 5) is 51.9. The Hall–Kier alpha value is -3.72. The van der Waals surface area contributed by atoms with Gasteiger partial charge in [0.25, 0.3) is 0 Å². The van der Waals surface area contributed by atoms with Crippen molar-refractivity contribution in [1.29, 1.82) is 0 Å². The van der Waals surface area contributed by atoms with E-state index < -0.39 is 79.9 Å². The van der Waals surface area contributed by atoms with Crippen molar-refractivity contribution < 1.29 is 55.0 Å². The average molecular weight is 595 g/mol. The van der Waals surface area contributed by atoms with Crippen LogP contribution in [0.2, 0.25) is 0 Å². The highest BCUT2D eigenvalue weighted by Crippen LogP contribution is 2.53. The highest BCUT2D eigenvalue weighted by atomic mass is 19.4. The first-order chi connectivity index (χ1) is 19.1. The molecule has 4 amide bonds. The second-order valence-corrected chi connectivity index (χ2v) is 10.3. The van der Waals surface area contributed by atoms with Crippen molar-refractivity contribution in [1.82, 2.24) is 15.1 Å². The first kappa shape index (κ1) is 30.2. The molecule has 0 aromatic heterocycles. The Bertz CT molecular complexity index is 1190. The number of ether oxygens (including phenoxy) is 2. The van der Waals surface area contributed by atoms with Gasteiger partial charge in [0.1, 0.15) is 25.3 Å². The third kappa shape index (κ3) is 6.15. The quantitative estimate of drug-likeness (QED) is 0.481. The lowest BCUT2D eigenvalue weighted by atomic mass is 9.81. The van der Waals surface area contributed by atoms with E-state index in [9.17, 15) is 45.5 Å². The summed E-state index contributed by atoms with van der Waals surface area (Å²) in [6.07, 6.45) is -16.9. The van der Waals surface area contributed by atoms with Crippen molar-refractivity contribution in [3.63, 3.8) is 0 Å². The van der Waals surface area contributed by atoms with E-state index in [1.165, 1.54) is 4.90 Å². The van der Waals surface area contributed by atoms with Gasteiger partial charge in [-0.25, -0.2) is 9.59 Å². The fourth-order valence-corrected chi connectivity index (χ4v) is 5.41. The molecule has 10 nitrogen and oxygen atoms in total. The number of amides is 4. The van der Waals surface area contributed by atoms with Gasteiger partial charge >= 0.3 is 24.5 Å². The molecule has 3 aliphatic rings. The zero-order valence-electron chi connectivity index (χ0n) is 21.6. The fraction of sp³-hybridized carbons (Fsp3) is 0.600. The first-order valence-corrected chi connectivity index (χ1v) is 12.8. The van der Waals surface area contributed by atoms with Crippen LogP contribution in [0.3, 0.4) is 0 Å². The van der Waals surface area contributed by atoms with E-state index in [2.05, 4.69) is 4.74 Å². The topological polar surface area (TPSA) is 131 Å². The number of nitrogens with zero attached hydrogens (tertiary/aromatic N) is 2. The Morgan fingerprint density at radius 1 is 1.02 bits per heavy atom. The van der Waals surface area contributed by atoms with Gasteiger partial charge in [-0.3, -0.25) is 14.5 Å². The number of rotatable bonds is 1. The number of aryl methyl sites for hydroxylation is 1. The molecule has 0 saturated carbocycles. The number of alkyl halides is 6. The molecule has 226 valence electrons. The summed E-state index contributed by atoms with van der Waals surface area (Å²) in [6, 6.07) is 3.89. The molecule has 3 N–H and O–H groups in total. The van der Waals surface area contributed by atoms with E-state index >= 15 is 0 Å². The number of hydrogen-bond acceptors (Lipinski definition) is 6. The molecule has 4 bridgehead atoms. The number of primary amides is 1. The average Bonchev–Trinajstić information content (AvgIpc) is 3.50. The molecule has 3 heterocycles. The van der Waals surface area contributed by atoms with Crippen molar-refractivity contribution in [3.8, 4) is 0 Å². The lowest BCUT2D eigenvalue weighted by Gasteiger charge is -2.36. The minimum absolute atomic E-state index is 0.0398. The number of benzene rings is 1. The van der Waals surface area contributed by atoms with Crippen molar-refractivity contribution in [2.24, 2.45) is 11.1 Å². The molecule has 1 saturated heterocycles. The van der Waals surface area contributed by atoms with Crippen LogP contribution in [-0.2, 0) is 38.6 Å². The third-order valence-electron chi connectivity index (χ3n) is 7.74. The Morgan fingerprint density at radius 3 is 2.37 bits per heavy atom. The highest BCUT2D eigenvalue weighted by Gasteiger charge is 2.70. The SMILES string of the molecule is NC(=O)[C@@H]1C[C@@H]2CN1C(=O)CNC(=O)OCC(C(F)(F)F)(C(F)(F)F)CCCCc1cccc3c1CN(C3)C(=O)O2. The number of alkyl carbamates (subject to hydrolysis) is 1. The molecular formula is C25H28F6N4O6. The van der Waals surface area contributed by atoms with Crippen molar-refractivity contribution in [2.75, 3.05) is 19.7 Å². The molecule has 3 aliphatic heterocycles. The Balaban J connectivity index is 1.62. The second kappa shape index (κ2) is 11.3. The maximum Gasteiger partial charge on any atom is 0.410 e. The summed E-state index contributed by atoms with van der Waals surface area (Å²) >= 11 is 0. The first-order valence-electron chi connectivity index (χ1n) is 12.8. The molecule has 4 rings (SSSR count). The minimum atomic E-state index is -5.80. The number of carbonyl (C=O) groups is 4. The van der Waals surface area contributed by atoms with Crippen LogP contribution in [-0.4, -0.2) is 78.0 Å². The normalized spacial score (nSPS) is 24.4. The number of fused-ring (bicyclic) bond motifs is 3. The largest absolute Gasteiger partial charge is 0.448 e. The fourth-order valence-electron chi connectivity index (χ4n) is 5.41. The summed E-state index contributed by atoms with van der Waals surface area (Å²) < 4.78 is 93.4. The van der Waals surface area contributed by atoms with Crippen LogP contribution in [0.4, 0.5) is 35.9 Å². The molecule has 1 fully saturated rings. The minimum Gasteiger partial charge on any atom is -0.448 e. The molecule has 41 heavy (non-hydrogen) atoms. The monoisotopic (exact) mass is 594 g/mol. The number of cyclic esters (lactones) is 1. The van der Waals surface area contributed by atoms with Gasteiger partial charge in [-0.15, -0.1) is 0 Å². The summed E-state index contributed by atoms with van der Waals surface area (Å²) in [5.41, 5.74) is 3.18. The van der Waals surface area contributed by atoms with Crippen molar-refractivity contribution in [2.45, 2.75) is 69.7 Å². The van der Waals surface area contributed by atoms with Crippen molar-refractivity contribution >= 4 is 24.0 Å². The van der Waals surface area contributed by atoms with E-state index in [0.29, 0.717) is 5.56 Å². The van der Waals surface area contributed by atoms with Gasteiger partial charge in [0, 0.05) is 19.5 Å². The predicted molar refractivity (Wildman–Crippen MR) is 127 cm³/mol. The summed E-state index contributed by atoms with van der Waals surface area (Å²) in [5.74, 6) is -1.87. The van der Waals surface area contributed by atoms with Crippen molar-refractivity contribution in [3.05, 3.63) is 34.9 Å². The van der Waals surface area contributed by atoms with E-state index in [4.69, 9.17) is 10.5 Å². The van der Waals surface area contributed by atoms with Gasteiger partial charge in [-0.2, -0.15) is 26.3 Å². The van der Waals surface area contributed by atoms with E-state index in [-0.39, 0.29) is 38.9 Å². The molecule has 0 unspecified atom stereocenters. The smallest absolute Gasteiger partial charge is 0.410 e. The molecule has 16 heteroatoms. The molecule has 0 radical (unpaired) electrons. The number of halogens is 6. The van der Waals surface area contributed by atoms with Crippen LogP contribution in [0.25, 0.3) is 0 Å². The van der Waals surface area contributed by atoms with Gasteiger partial charge in [0.15, 0.2) is 5.41 Å². The Morgan fingerprint density at radius 2 is 1.71 bits per heavy atom. The lowest BCUT2D eigenvalue weighted by molar-refractivity contribution is -0.351. The predicted octanol–water partition coefficient (Wildman–Crippen LogP) is 3.16. The van der Waals surface area contributed by atoms with Gasteiger partial charge in [0.2, 0.25) is 11.8 Å². The second-order valence-electron chi connectivity index (χ2n) is 10.3. The standard InChI is InChI=1S/C25H28F6N4O6/c26-24(27,28)23(25(29,30)31)7-2-1-4-14-5-3-6-15-10-34(12-17(14)15)22(39)41-16-8-18(20(32)37)35(11-16)19(36)9-33-21(38)40-13-23/h3,5-6,16,18H,1-2,4,7-13H2,(H2,32,37)(H,33,38)/t16-,18+/m1/s1. The van der Waals surface area contributed by atoms with Crippen LogP contribution in [0.15, 0.2) is 18.2 Å². The van der Waals surface area contributed by atoms with Crippen LogP contribution in [0.1, 0.15) is 42.4 Å². The van der Waals surface area contributed by atoms with Crippen LogP contribution in [0, 0.1) is 5.41 Å². The molecule has 0 spiro atoms. The molecule has 1 aromatic carbocycles. The molecule has 0 aliphatic carbocycles. The summed E-state index contributed by atoms with van der Waals surface area (Å²) in [5, 5.41) is 1.82. The van der Waals surface area contributed by atoms with Gasteiger partial charge in [0.05, 0.1) is 6.54 Å². The van der Waals surface area contributed by atoms with E-state index in [0.717, 1.165) is 16.0 Å². The van der Waals surface area contributed by atoms with Crippen LogP contribution in [0.5, 0.6) is 0 Å². The highest BCUT2D eigenvalue weighted by molar-refractivity contribution is 5.89.